The summed E-state index contributed by atoms with van der Waals surface area (Å²) >= 11 is 3.40. The number of hydrogen-bond donors (Lipinski definition) is 1. The molecule has 0 spiro atoms. The van der Waals surface area contributed by atoms with Gasteiger partial charge in [0.05, 0.1) is 12.7 Å². The molecule has 2 unspecified atom stereocenters. The number of halogens is 1. The van der Waals surface area contributed by atoms with Crippen LogP contribution in [0.15, 0.2) is 22.7 Å². The van der Waals surface area contributed by atoms with Gasteiger partial charge in [-0.25, -0.2) is 4.79 Å². The van der Waals surface area contributed by atoms with Crippen LogP contribution in [0, 0.1) is 12.8 Å². The van der Waals surface area contributed by atoms with Crippen LogP contribution >= 0.6 is 15.9 Å². The number of amides is 1. The van der Waals surface area contributed by atoms with Crippen LogP contribution in [-0.2, 0) is 9.53 Å². The van der Waals surface area contributed by atoms with Crippen molar-refractivity contribution in [3.63, 3.8) is 0 Å². The van der Waals surface area contributed by atoms with E-state index in [1.165, 1.54) is 7.11 Å². The molecular formula is C15H20BrNO3. The molecule has 20 heavy (non-hydrogen) atoms. The van der Waals surface area contributed by atoms with Crippen LogP contribution in [0.4, 0.5) is 0 Å². The van der Waals surface area contributed by atoms with Crippen molar-refractivity contribution in [3.05, 3.63) is 33.8 Å². The summed E-state index contributed by atoms with van der Waals surface area (Å²) < 4.78 is 5.50. The highest BCUT2D eigenvalue weighted by Crippen LogP contribution is 2.21. The van der Waals surface area contributed by atoms with Gasteiger partial charge in [0.2, 0.25) is 0 Å². The molecule has 110 valence electrons. The van der Waals surface area contributed by atoms with Crippen LogP contribution in [0.25, 0.3) is 0 Å². The average Bonchev–Trinajstić information content (AvgIpc) is 2.45. The largest absolute Gasteiger partial charge is 0.467 e. The molecule has 0 aliphatic carbocycles. The van der Waals surface area contributed by atoms with E-state index in [0.29, 0.717) is 5.56 Å². The molecule has 2 atom stereocenters. The van der Waals surface area contributed by atoms with Crippen LogP contribution in [0.1, 0.15) is 36.2 Å². The van der Waals surface area contributed by atoms with E-state index in [4.69, 9.17) is 4.74 Å². The number of carbonyl (C=O) groups excluding carboxylic acids is 2. The molecule has 1 rings (SSSR count). The standard InChI is InChI=1S/C15H20BrNO3/c1-5-9(2)13(15(19)20-4)17-14(18)11-8-6-7-10(3)12(11)16/h6-9,13H,5H2,1-4H3,(H,17,18). The maximum atomic E-state index is 12.3. The van der Waals surface area contributed by atoms with Gasteiger partial charge in [0.1, 0.15) is 6.04 Å². The summed E-state index contributed by atoms with van der Waals surface area (Å²) in [5, 5.41) is 2.76. The Labute approximate surface area is 128 Å². The van der Waals surface area contributed by atoms with Gasteiger partial charge in [0.15, 0.2) is 0 Å². The molecule has 5 heteroatoms. The summed E-state index contributed by atoms with van der Waals surface area (Å²) in [4.78, 5) is 24.1. The first kappa shape index (κ1) is 16.7. The zero-order valence-electron chi connectivity index (χ0n) is 12.2. The smallest absolute Gasteiger partial charge is 0.328 e. The number of hydrogen-bond acceptors (Lipinski definition) is 3. The first-order valence-corrected chi connectivity index (χ1v) is 7.35. The van der Waals surface area contributed by atoms with Crippen molar-refractivity contribution in [3.8, 4) is 0 Å². The van der Waals surface area contributed by atoms with Crippen LogP contribution in [0.3, 0.4) is 0 Å². The van der Waals surface area contributed by atoms with Crippen molar-refractivity contribution in [1.29, 1.82) is 0 Å². The Hall–Kier alpha value is -1.36. The first-order chi connectivity index (χ1) is 9.42. The highest BCUT2D eigenvalue weighted by atomic mass is 79.9. The Morgan fingerprint density at radius 2 is 2.05 bits per heavy atom. The van der Waals surface area contributed by atoms with Gasteiger partial charge in [-0.3, -0.25) is 4.79 Å². The number of benzene rings is 1. The van der Waals surface area contributed by atoms with E-state index in [-0.39, 0.29) is 11.8 Å². The fourth-order valence-electron chi connectivity index (χ4n) is 1.84. The molecule has 0 fully saturated rings. The Bertz CT molecular complexity index is 502. The van der Waals surface area contributed by atoms with Gasteiger partial charge in [-0.2, -0.15) is 0 Å². The molecule has 0 saturated carbocycles. The van der Waals surface area contributed by atoms with Crippen LogP contribution in [0.2, 0.25) is 0 Å². The number of nitrogens with one attached hydrogen (secondary N) is 1. The quantitative estimate of drug-likeness (QED) is 0.837. The van der Waals surface area contributed by atoms with Crippen LogP contribution < -0.4 is 5.32 Å². The normalized spacial score (nSPS) is 13.4. The zero-order chi connectivity index (χ0) is 15.3. The Balaban J connectivity index is 2.96. The summed E-state index contributed by atoms with van der Waals surface area (Å²) in [6.07, 6.45) is 0.773. The summed E-state index contributed by atoms with van der Waals surface area (Å²) in [6.45, 7) is 5.79. The van der Waals surface area contributed by atoms with Crippen molar-refractivity contribution in [2.45, 2.75) is 33.2 Å². The lowest BCUT2D eigenvalue weighted by atomic mass is 9.98. The predicted molar refractivity (Wildman–Crippen MR) is 81.6 cm³/mol. The molecular weight excluding hydrogens is 322 g/mol. The van der Waals surface area contributed by atoms with E-state index in [1.54, 1.807) is 6.07 Å². The van der Waals surface area contributed by atoms with Gasteiger partial charge in [-0.15, -0.1) is 0 Å². The number of carbonyl (C=O) groups is 2. The summed E-state index contributed by atoms with van der Waals surface area (Å²) in [7, 11) is 1.33. The second kappa shape index (κ2) is 7.43. The fourth-order valence-corrected chi connectivity index (χ4v) is 2.28. The maximum Gasteiger partial charge on any atom is 0.328 e. The number of aryl methyl sites for hydroxylation is 1. The monoisotopic (exact) mass is 341 g/mol. The summed E-state index contributed by atoms with van der Waals surface area (Å²) in [5.41, 5.74) is 1.48. The lowest BCUT2D eigenvalue weighted by Gasteiger charge is -2.22. The molecule has 0 radical (unpaired) electrons. The maximum absolute atomic E-state index is 12.3. The van der Waals surface area contributed by atoms with E-state index in [0.717, 1.165) is 16.5 Å². The fraction of sp³-hybridized carbons (Fsp3) is 0.467. The third-order valence-electron chi connectivity index (χ3n) is 3.39. The summed E-state index contributed by atoms with van der Waals surface area (Å²) in [6, 6.07) is 4.81. The lowest BCUT2D eigenvalue weighted by Crippen LogP contribution is -2.45. The third-order valence-corrected chi connectivity index (χ3v) is 4.44. The SMILES string of the molecule is CCC(C)C(NC(=O)c1cccc(C)c1Br)C(=O)OC. The van der Waals surface area contributed by atoms with E-state index in [1.807, 2.05) is 32.9 Å². The molecule has 0 aromatic heterocycles. The minimum atomic E-state index is -0.634. The van der Waals surface area contributed by atoms with Gasteiger partial charge < -0.3 is 10.1 Å². The van der Waals surface area contributed by atoms with Crippen LogP contribution in [-0.4, -0.2) is 25.0 Å². The molecule has 1 amide bonds. The predicted octanol–water partition coefficient (Wildman–Crippen LogP) is 3.08. The molecule has 1 aromatic carbocycles. The molecule has 0 aliphatic heterocycles. The van der Waals surface area contributed by atoms with Gasteiger partial charge in [0, 0.05) is 4.47 Å². The van der Waals surface area contributed by atoms with Crippen molar-refractivity contribution < 1.29 is 14.3 Å². The average molecular weight is 342 g/mol. The third kappa shape index (κ3) is 3.82. The summed E-state index contributed by atoms with van der Waals surface area (Å²) in [5.74, 6) is -0.692. The minimum absolute atomic E-state index is 0.00925. The van der Waals surface area contributed by atoms with Crippen molar-refractivity contribution in [1.82, 2.24) is 5.32 Å². The first-order valence-electron chi connectivity index (χ1n) is 6.56. The lowest BCUT2D eigenvalue weighted by molar-refractivity contribution is -0.144. The molecule has 0 bridgehead atoms. The molecule has 1 aromatic rings. The van der Waals surface area contributed by atoms with Crippen LogP contribution in [0.5, 0.6) is 0 Å². The minimum Gasteiger partial charge on any atom is -0.467 e. The van der Waals surface area contributed by atoms with E-state index in [9.17, 15) is 9.59 Å². The van der Waals surface area contributed by atoms with E-state index >= 15 is 0 Å². The number of esters is 1. The van der Waals surface area contributed by atoms with Crippen molar-refractivity contribution in [2.24, 2.45) is 5.92 Å². The topological polar surface area (TPSA) is 55.4 Å². The Morgan fingerprint density at radius 3 is 2.60 bits per heavy atom. The van der Waals surface area contributed by atoms with E-state index < -0.39 is 12.0 Å². The molecule has 0 aliphatic rings. The Morgan fingerprint density at radius 1 is 1.40 bits per heavy atom. The van der Waals surface area contributed by atoms with Gasteiger partial charge in [0.25, 0.3) is 5.91 Å². The van der Waals surface area contributed by atoms with Gasteiger partial charge >= 0.3 is 5.97 Å². The zero-order valence-corrected chi connectivity index (χ0v) is 13.8. The second-order valence-corrected chi connectivity index (χ2v) is 5.59. The van der Waals surface area contributed by atoms with E-state index in [2.05, 4.69) is 21.2 Å². The number of ether oxygens (including phenoxy) is 1. The molecule has 0 heterocycles. The molecule has 4 nitrogen and oxygen atoms in total. The van der Waals surface area contributed by atoms with Gasteiger partial charge in [-0.05, 0) is 40.4 Å². The number of rotatable bonds is 5. The molecule has 0 saturated heterocycles. The number of methoxy groups -OCH3 is 1. The van der Waals surface area contributed by atoms with Crippen molar-refractivity contribution >= 4 is 27.8 Å². The highest BCUT2D eigenvalue weighted by Gasteiger charge is 2.27. The van der Waals surface area contributed by atoms with Gasteiger partial charge in [-0.1, -0.05) is 32.4 Å². The second-order valence-electron chi connectivity index (χ2n) is 4.80. The van der Waals surface area contributed by atoms with Crippen molar-refractivity contribution in [2.75, 3.05) is 7.11 Å². The highest BCUT2D eigenvalue weighted by molar-refractivity contribution is 9.10. The Kier molecular flexibility index (Phi) is 6.20. The molecule has 1 N–H and O–H groups in total.